The Kier molecular flexibility index (Phi) is 1.91. The van der Waals surface area contributed by atoms with Crippen molar-refractivity contribution in [2.45, 2.75) is 6.92 Å². The number of hydrogen-bond acceptors (Lipinski definition) is 5. The Labute approximate surface area is 97.1 Å². The lowest BCUT2D eigenvalue weighted by atomic mass is 10.3. The van der Waals surface area contributed by atoms with Crippen LogP contribution in [0.5, 0.6) is 0 Å². The van der Waals surface area contributed by atoms with Crippen LogP contribution in [0.1, 0.15) is 5.89 Å². The van der Waals surface area contributed by atoms with Crippen LogP contribution < -0.4 is 5.73 Å². The Balaban J connectivity index is 2.32. The van der Waals surface area contributed by atoms with E-state index < -0.39 is 0 Å². The number of nitrogens with zero attached hydrogens (tertiary/aromatic N) is 4. The molecule has 0 saturated heterocycles. The number of fused-ring (bicyclic) bond motifs is 1. The summed E-state index contributed by atoms with van der Waals surface area (Å²) in [6.07, 6.45) is 4.88. The first-order chi connectivity index (χ1) is 8.16. The van der Waals surface area contributed by atoms with Crippen LogP contribution in [0, 0.1) is 6.92 Å². The molecule has 3 aromatic heterocycles. The number of nitrogens with two attached hydrogens (primary N) is 1. The normalized spacial score (nSPS) is 11.2. The van der Waals surface area contributed by atoms with Crippen molar-refractivity contribution in [2.24, 2.45) is 7.05 Å². The zero-order chi connectivity index (χ0) is 12.0. The minimum Gasteiger partial charge on any atom is -0.449 e. The van der Waals surface area contributed by atoms with Crippen LogP contribution >= 0.6 is 0 Å². The molecule has 0 fully saturated rings. The number of nitrogen functional groups attached to an aromatic ring is 1. The molecule has 0 saturated carbocycles. The maximum atomic E-state index is 5.89. The van der Waals surface area contributed by atoms with Crippen molar-refractivity contribution in [2.75, 3.05) is 5.73 Å². The lowest BCUT2D eigenvalue weighted by Gasteiger charge is -2.00. The molecule has 0 amide bonds. The van der Waals surface area contributed by atoms with Gasteiger partial charge in [-0.05, 0) is 0 Å². The highest BCUT2D eigenvalue weighted by molar-refractivity contribution is 5.88. The van der Waals surface area contributed by atoms with Gasteiger partial charge in [0.1, 0.15) is 17.5 Å². The maximum Gasteiger partial charge on any atom is 0.191 e. The minimum atomic E-state index is 0.601. The molecule has 17 heavy (non-hydrogen) atoms. The van der Waals surface area contributed by atoms with E-state index in [-0.39, 0.29) is 0 Å². The highest BCUT2D eigenvalue weighted by Crippen LogP contribution is 2.25. The van der Waals surface area contributed by atoms with Crippen LogP contribution in [0.15, 0.2) is 23.1 Å². The summed E-state index contributed by atoms with van der Waals surface area (Å²) in [6.45, 7) is 1.79. The maximum absolute atomic E-state index is 5.89. The van der Waals surface area contributed by atoms with E-state index in [0.717, 1.165) is 16.9 Å². The van der Waals surface area contributed by atoms with Crippen molar-refractivity contribution in [3.63, 3.8) is 0 Å². The Hall–Kier alpha value is -2.37. The van der Waals surface area contributed by atoms with Crippen molar-refractivity contribution in [3.05, 3.63) is 24.5 Å². The summed E-state index contributed by atoms with van der Waals surface area (Å²) < 4.78 is 7.08. The molecule has 86 valence electrons. The second kappa shape index (κ2) is 3.31. The first-order valence-corrected chi connectivity index (χ1v) is 5.15. The highest BCUT2D eigenvalue weighted by atomic mass is 16.3. The van der Waals surface area contributed by atoms with Crippen LogP contribution in [-0.2, 0) is 7.05 Å². The van der Waals surface area contributed by atoms with Gasteiger partial charge in [-0.15, -0.1) is 0 Å². The quantitative estimate of drug-likeness (QED) is 0.683. The van der Waals surface area contributed by atoms with E-state index >= 15 is 0 Å². The number of pyridine rings is 1. The highest BCUT2D eigenvalue weighted by Gasteiger charge is 2.14. The standard InChI is InChI=1S/C11H11N5O/c1-6-14-9(5-17-6)11-15-8-4-13-3-7(12)10(8)16(11)2/h3-5H,12H2,1-2H3. The predicted octanol–water partition coefficient (Wildman–Crippen LogP) is 1.51. The van der Waals surface area contributed by atoms with Gasteiger partial charge in [0.15, 0.2) is 11.7 Å². The molecule has 0 bridgehead atoms. The number of imidazole rings is 1. The van der Waals surface area contributed by atoms with Crippen LogP contribution in [0.2, 0.25) is 0 Å². The first kappa shape index (κ1) is 9.83. The molecule has 6 heteroatoms. The molecule has 3 heterocycles. The molecule has 0 unspecified atom stereocenters. The summed E-state index contributed by atoms with van der Waals surface area (Å²) >= 11 is 0. The Morgan fingerprint density at radius 3 is 2.76 bits per heavy atom. The van der Waals surface area contributed by atoms with Gasteiger partial charge in [0.2, 0.25) is 0 Å². The van der Waals surface area contributed by atoms with Crippen molar-refractivity contribution in [1.29, 1.82) is 0 Å². The van der Waals surface area contributed by atoms with Crippen LogP contribution in [0.25, 0.3) is 22.6 Å². The van der Waals surface area contributed by atoms with Gasteiger partial charge in [-0.2, -0.15) is 0 Å². The largest absolute Gasteiger partial charge is 0.449 e. The van der Waals surface area contributed by atoms with Crippen LogP contribution in [0.4, 0.5) is 5.69 Å². The minimum absolute atomic E-state index is 0.601. The van der Waals surface area contributed by atoms with Crippen LogP contribution in [0.3, 0.4) is 0 Å². The summed E-state index contributed by atoms with van der Waals surface area (Å²) in [7, 11) is 1.89. The van der Waals surface area contributed by atoms with Crippen molar-refractivity contribution >= 4 is 16.7 Å². The van der Waals surface area contributed by atoms with Gasteiger partial charge in [-0.1, -0.05) is 0 Å². The third-order valence-corrected chi connectivity index (χ3v) is 2.65. The molecule has 0 aliphatic heterocycles. The second-order valence-electron chi connectivity index (χ2n) is 3.84. The zero-order valence-electron chi connectivity index (χ0n) is 9.51. The molecule has 0 aliphatic rings. The van der Waals surface area contributed by atoms with E-state index in [9.17, 15) is 0 Å². The van der Waals surface area contributed by atoms with E-state index in [4.69, 9.17) is 10.2 Å². The summed E-state index contributed by atoms with van der Waals surface area (Å²) in [4.78, 5) is 12.7. The molecule has 0 aromatic carbocycles. The fraction of sp³-hybridized carbons (Fsp3) is 0.182. The average molecular weight is 229 g/mol. The molecular weight excluding hydrogens is 218 g/mol. The molecule has 0 atom stereocenters. The Morgan fingerprint density at radius 2 is 2.12 bits per heavy atom. The van der Waals surface area contributed by atoms with Crippen molar-refractivity contribution < 1.29 is 4.42 Å². The van der Waals surface area contributed by atoms with Gasteiger partial charge in [0.05, 0.1) is 23.6 Å². The van der Waals surface area contributed by atoms with Crippen molar-refractivity contribution in [3.8, 4) is 11.5 Å². The lowest BCUT2D eigenvalue weighted by Crippen LogP contribution is -1.96. The average Bonchev–Trinajstić information content (AvgIpc) is 2.84. The van der Waals surface area contributed by atoms with E-state index in [0.29, 0.717) is 17.3 Å². The second-order valence-corrected chi connectivity index (χ2v) is 3.84. The number of aromatic nitrogens is 4. The first-order valence-electron chi connectivity index (χ1n) is 5.15. The fourth-order valence-corrected chi connectivity index (χ4v) is 1.90. The summed E-state index contributed by atoms with van der Waals surface area (Å²) in [6, 6.07) is 0. The number of aryl methyl sites for hydroxylation is 2. The summed E-state index contributed by atoms with van der Waals surface area (Å²) in [5, 5.41) is 0. The van der Waals surface area contributed by atoms with Gasteiger partial charge < -0.3 is 14.7 Å². The molecule has 0 aliphatic carbocycles. The third kappa shape index (κ3) is 1.37. The molecule has 0 radical (unpaired) electrons. The number of hydrogen-bond donors (Lipinski definition) is 1. The van der Waals surface area contributed by atoms with E-state index in [2.05, 4.69) is 15.0 Å². The predicted molar refractivity (Wildman–Crippen MR) is 63.2 cm³/mol. The fourth-order valence-electron chi connectivity index (χ4n) is 1.90. The monoisotopic (exact) mass is 229 g/mol. The molecular formula is C11H11N5O. The summed E-state index contributed by atoms with van der Waals surface area (Å²) in [5.74, 6) is 1.33. The summed E-state index contributed by atoms with van der Waals surface area (Å²) in [5.41, 5.74) is 8.79. The number of rotatable bonds is 1. The molecule has 6 nitrogen and oxygen atoms in total. The van der Waals surface area contributed by atoms with E-state index in [1.807, 2.05) is 11.6 Å². The topological polar surface area (TPSA) is 82.8 Å². The van der Waals surface area contributed by atoms with Gasteiger partial charge in [0.25, 0.3) is 0 Å². The number of oxazole rings is 1. The van der Waals surface area contributed by atoms with Gasteiger partial charge in [-0.3, -0.25) is 4.98 Å². The molecule has 2 N–H and O–H groups in total. The molecule has 3 rings (SSSR count). The molecule has 0 spiro atoms. The number of anilines is 1. The SMILES string of the molecule is Cc1nc(-c2nc3cncc(N)c3n2C)co1. The van der Waals surface area contributed by atoms with Gasteiger partial charge in [-0.25, -0.2) is 9.97 Å². The Morgan fingerprint density at radius 1 is 1.29 bits per heavy atom. The van der Waals surface area contributed by atoms with E-state index in [1.54, 1.807) is 25.6 Å². The van der Waals surface area contributed by atoms with Gasteiger partial charge >= 0.3 is 0 Å². The van der Waals surface area contributed by atoms with Gasteiger partial charge in [0, 0.05) is 14.0 Å². The Bertz CT molecular complexity index is 697. The van der Waals surface area contributed by atoms with Crippen molar-refractivity contribution in [1.82, 2.24) is 19.5 Å². The van der Waals surface area contributed by atoms with Crippen LogP contribution in [-0.4, -0.2) is 19.5 Å². The molecule has 3 aromatic rings. The lowest BCUT2D eigenvalue weighted by molar-refractivity contribution is 0.521. The van der Waals surface area contributed by atoms with E-state index in [1.165, 1.54) is 0 Å². The smallest absolute Gasteiger partial charge is 0.191 e. The third-order valence-electron chi connectivity index (χ3n) is 2.65. The zero-order valence-corrected chi connectivity index (χ0v) is 9.51.